The highest BCUT2D eigenvalue weighted by atomic mass is 16.5. The van der Waals surface area contributed by atoms with Gasteiger partial charge in [-0.1, -0.05) is 13.0 Å². The van der Waals surface area contributed by atoms with E-state index in [0.717, 1.165) is 25.0 Å². The van der Waals surface area contributed by atoms with Crippen LogP contribution in [0.25, 0.3) is 0 Å². The minimum atomic E-state index is -0.323. The summed E-state index contributed by atoms with van der Waals surface area (Å²) in [6.45, 7) is 2.27. The first-order chi connectivity index (χ1) is 10.5. The highest BCUT2D eigenvalue weighted by molar-refractivity contribution is 5.40. The molecule has 3 aliphatic rings. The van der Waals surface area contributed by atoms with E-state index in [2.05, 4.69) is 25.1 Å². The van der Waals surface area contributed by atoms with Crippen molar-refractivity contribution in [2.24, 2.45) is 23.0 Å². The van der Waals surface area contributed by atoms with Crippen molar-refractivity contribution in [1.29, 1.82) is 0 Å². The van der Waals surface area contributed by atoms with Crippen molar-refractivity contribution in [3.63, 3.8) is 0 Å². The van der Waals surface area contributed by atoms with Gasteiger partial charge in [0.1, 0.15) is 5.75 Å². The minimum absolute atomic E-state index is 0.0323. The SMILES string of the molecule is COc1ccc2c(c1)CCC1C2CC[C@@]2(C)C1C[C@@H](N)[C@@H]2O. The Morgan fingerprint density at radius 1 is 1.32 bits per heavy atom. The molecule has 1 aromatic carbocycles. The maximum Gasteiger partial charge on any atom is 0.119 e. The molecule has 0 spiro atoms. The molecule has 2 fully saturated rings. The van der Waals surface area contributed by atoms with Crippen LogP contribution in [0, 0.1) is 17.3 Å². The second-order valence-electron chi connectivity index (χ2n) is 7.87. The largest absolute Gasteiger partial charge is 0.497 e. The molecule has 0 aromatic heterocycles. The van der Waals surface area contributed by atoms with Gasteiger partial charge in [0.25, 0.3) is 0 Å². The summed E-state index contributed by atoms with van der Waals surface area (Å²) in [5.41, 5.74) is 9.23. The van der Waals surface area contributed by atoms with E-state index >= 15 is 0 Å². The zero-order chi connectivity index (χ0) is 15.5. The van der Waals surface area contributed by atoms with Gasteiger partial charge in [-0.25, -0.2) is 0 Å². The average molecular weight is 301 g/mol. The fourth-order valence-electron chi connectivity index (χ4n) is 5.76. The molecule has 120 valence electrons. The minimum Gasteiger partial charge on any atom is -0.497 e. The molecule has 4 rings (SSSR count). The molecule has 3 N–H and O–H groups in total. The van der Waals surface area contributed by atoms with Crippen LogP contribution in [0.15, 0.2) is 18.2 Å². The molecule has 0 bridgehead atoms. The van der Waals surface area contributed by atoms with Crippen LogP contribution in [0.2, 0.25) is 0 Å². The maximum absolute atomic E-state index is 10.6. The third-order valence-corrected chi connectivity index (χ3v) is 6.98. The smallest absolute Gasteiger partial charge is 0.119 e. The Bertz CT molecular complexity index is 587. The molecule has 0 heterocycles. The van der Waals surface area contributed by atoms with Gasteiger partial charge < -0.3 is 15.6 Å². The first-order valence-electron chi connectivity index (χ1n) is 8.65. The maximum atomic E-state index is 10.6. The van der Waals surface area contributed by atoms with Gasteiger partial charge in [0.05, 0.1) is 13.2 Å². The van der Waals surface area contributed by atoms with Crippen LogP contribution in [0.3, 0.4) is 0 Å². The number of hydrogen-bond acceptors (Lipinski definition) is 3. The van der Waals surface area contributed by atoms with E-state index in [-0.39, 0.29) is 17.6 Å². The first kappa shape index (κ1) is 14.5. The molecule has 0 saturated heterocycles. The van der Waals surface area contributed by atoms with Gasteiger partial charge in [-0.05, 0) is 78.5 Å². The molecule has 0 amide bonds. The third-order valence-electron chi connectivity index (χ3n) is 6.98. The van der Waals surface area contributed by atoms with Gasteiger partial charge in [-0.15, -0.1) is 0 Å². The van der Waals surface area contributed by atoms with E-state index in [4.69, 9.17) is 10.5 Å². The van der Waals surface area contributed by atoms with E-state index in [9.17, 15) is 5.11 Å². The highest BCUT2D eigenvalue weighted by Gasteiger charge is 2.57. The number of aliphatic hydroxyl groups is 1. The number of ether oxygens (including phenoxy) is 1. The van der Waals surface area contributed by atoms with Gasteiger partial charge in [0.15, 0.2) is 0 Å². The standard InChI is InChI=1S/C19H27NO2/c1-19-8-7-14-13-6-4-12(22-2)9-11(13)3-5-15(14)16(19)10-17(20)18(19)21/h4,6,9,14-18,21H,3,5,7-8,10,20H2,1-2H3/t14?,15?,16?,17-,18+,19+/m1/s1. The lowest BCUT2D eigenvalue weighted by Gasteiger charge is -2.50. The Balaban J connectivity index is 1.69. The summed E-state index contributed by atoms with van der Waals surface area (Å²) in [7, 11) is 1.74. The zero-order valence-electron chi connectivity index (χ0n) is 13.6. The summed E-state index contributed by atoms with van der Waals surface area (Å²) in [4.78, 5) is 0. The van der Waals surface area contributed by atoms with Crippen LogP contribution >= 0.6 is 0 Å². The molecule has 3 unspecified atom stereocenters. The van der Waals surface area contributed by atoms with Crippen LogP contribution in [0.5, 0.6) is 5.75 Å². The topological polar surface area (TPSA) is 55.5 Å². The molecule has 0 radical (unpaired) electrons. The van der Waals surface area contributed by atoms with E-state index < -0.39 is 0 Å². The van der Waals surface area contributed by atoms with Gasteiger partial charge >= 0.3 is 0 Å². The van der Waals surface area contributed by atoms with Crippen molar-refractivity contribution in [2.45, 2.75) is 57.1 Å². The highest BCUT2D eigenvalue weighted by Crippen LogP contribution is 2.60. The quantitative estimate of drug-likeness (QED) is 0.838. The van der Waals surface area contributed by atoms with Crippen molar-refractivity contribution in [1.82, 2.24) is 0 Å². The lowest BCUT2D eigenvalue weighted by Crippen LogP contribution is -2.45. The van der Waals surface area contributed by atoms with Crippen LogP contribution in [0.4, 0.5) is 0 Å². The number of fused-ring (bicyclic) bond motifs is 5. The van der Waals surface area contributed by atoms with Crippen LogP contribution in [-0.4, -0.2) is 24.4 Å². The Morgan fingerprint density at radius 3 is 2.91 bits per heavy atom. The molecular formula is C19H27NO2. The average Bonchev–Trinajstić information content (AvgIpc) is 2.77. The summed E-state index contributed by atoms with van der Waals surface area (Å²) >= 11 is 0. The molecule has 6 atom stereocenters. The normalized spacial score (nSPS) is 43.2. The van der Waals surface area contributed by atoms with Gasteiger partial charge in [0, 0.05) is 6.04 Å². The zero-order valence-corrected chi connectivity index (χ0v) is 13.6. The van der Waals surface area contributed by atoms with Gasteiger partial charge in [0.2, 0.25) is 0 Å². The van der Waals surface area contributed by atoms with Crippen molar-refractivity contribution < 1.29 is 9.84 Å². The molecule has 0 aliphatic heterocycles. The number of benzene rings is 1. The fourth-order valence-corrected chi connectivity index (χ4v) is 5.76. The number of methoxy groups -OCH3 is 1. The Kier molecular flexibility index (Phi) is 3.28. The summed E-state index contributed by atoms with van der Waals surface area (Å²) < 4.78 is 5.38. The second kappa shape index (κ2) is 4.97. The predicted octanol–water partition coefficient (Wildman–Crippen LogP) is 2.85. The lowest BCUT2D eigenvalue weighted by molar-refractivity contribution is -0.0256. The third kappa shape index (κ3) is 1.88. The lowest BCUT2D eigenvalue weighted by atomic mass is 9.55. The molecule has 3 nitrogen and oxygen atoms in total. The molecule has 3 heteroatoms. The summed E-state index contributed by atoms with van der Waals surface area (Å²) in [5, 5.41) is 10.6. The molecule has 3 aliphatic carbocycles. The van der Waals surface area contributed by atoms with Gasteiger partial charge in [-0.2, -0.15) is 0 Å². The number of rotatable bonds is 1. The van der Waals surface area contributed by atoms with E-state index in [1.807, 2.05) is 0 Å². The second-order valence-corrected chi connectivity index (χ2v) is 7.87. The summed E-state index contributed by atoms with van der Waals surface area (Å²) in [6.07, 6.45) is 5.30. The molecule has 1 aromatic rings. The van der Waals surface area contributed by atoms with Crippen LogP contribution in [0.1, 0.15) is 49.7 Å². The number of hydrogen-bond donors (Lipinski definition) is 2. The number of aryl methyl sites for hydroxylation is 1. The Hall–Kier alpha value is -1.06. The summed E-state index contributed by atoms with van der Waals surface area (Å²) in [5.74, 6) is 2.87. The Labute approximate surface area is 132 Å². The molecule has 2 saturated carbocycles. The van der Waals surface area contributed by atoms with E-state index in [1.54, 1.807) is 7.11 Å². The van der Waals surface area contributed by atoms with Crippen molar-refractivity contribution in [3.8, 4) is 5.75 Å². The van der Waals surface area contributed by atoms with Crippen molar-refractivity contribution >= 4 is 0 Å². The first-order valence-corrected chi connectivity index (χ1v) is 8.65. The molecule has 22 heavy (non-hydrogen) atoms. The van der Waals surface area contributed by atoms with E-state index in [0.29, 0.717) is 17.8 Å². The molecular weight excluding hydrogens is 274 g/mol. The monoisotopic (exact) mass is 301 g/mol. The van der Waals surface area contributed by atoms with Crippen LogP contribution < -0.4 is 10.5 Å². The Morgan fingerprint density at radius 2 is 2.14 bits per heavy atom. The van der Waals surface area contributed by atoms with Crippen LogP contribution in [-0.2, 0) is 6.42 Å². The number of nitrogens with two attached hydrogens (primary N) is 1. The summed E-state index contributed by atoms with van der Waals surface area (Å²) in [6, 6.07) is 6.56. The number of aliphatic hydroxyl groups excluding tert-OH is 1. The van der Waals surface area contributed by atoms with Gasteiger partial charge in [-0.3, -0.25) is 0 Å². The van der Waals surface area contributed by atoms with E-state index in [1.165, 1.54) is 24.0 Å². The van der Waals surface area contributed by atoms with Crippen molar-refractivity contribution in [3.05, 3.63) is 29.3 Å². The van der Waals surface area contributed by atoms with Crippen molar-refractivity contribution in [2.75, 3.05) is 7.11 Å². The fraction of sp³-hybridized carbons (Fsp3) is 0.684. The predicted molar refractivity (Wildman–Crippen MR) is 87.0 cm³/mol.